The number of aromatic nitrogens is 2. The third kappa shape index (κ3) is 5.32. The van der Waals surface area contributed by atoms with Gasteiger partial charge in [-0.25, -0.2) is 4.98 Å². The van der Waals surface area contributed by atoms with Crippen LogP contribution in [-0.2, 0) is 22.7 Å². The Hall–Kier alpha value is -3.84. The van der Waals surface area contributed by atoms with Crippen molar-refractivity contribution in [1.82, 2.24) is 9.55 Å². The Morgan fingerprint density at radius 3 is 2.36 bits per heavy atom. The maximum atomic E-state index is 13.4. The molecule has 0 atom stereocenters. The van der Waals surface area contributed by atoms with Crippen molar-refractivity contribution in [3.63, 3.8) is 0 Å². The molecule has 4 rings (SSSR count). The van der Waals surface area contributed by atoms with Crippen LogP contribution in [0.4, 0.5) is 5.69 Å². The zero-order chi connectivity index (χ0) is 23.0. The van der Waals surface area contributed by atoms with E-state index in [4.69, 9.17) is 19.2 Å². The highest BCUT2D eigenvalue weighted by molar-refractivity contribution is 5.94. The second-order valence-electron chi connectivity index (χ2n) is 7.35. The standard InChI is InChI=1S/C26H27N3O4/c1-3-32-19-29(20-9-5-4-6-10-20)26(30)17-28-24-12-8-7-11-23(24)27-25(28)18-33-22-15-13-21(31-2)14-16-22/h4-16H,3,17-19H2,1-2H3. The molecule has 1 aromatic heterocycles. The number of amides is 1. The molecule has 1 heterocycles. The number of benzene rings is 3. The van der Waals surface area contributed by atoms with E-state index in [0.717, 1.165) is 22.5 Å². The Bertz CT molecular complexity index is 1190. The van der Waals surface area contributed by atoms with Crippen LogP contribution < -0.4 is 14.4 Å². The Kier molecular flexibility index (Phi) is 7.22. The van der Waals surface area contributed by atoms with Gasteiger partial charge in [0.1, 0.15) is 37.2 Å². The van der Waals surface area contributed by atoms with Crippen LogP contribution in [-0.4, -0.2) is 35.9 Å². The fourth-order valence-corrected chi connectivity index (χ4v) is 3.53. The van der Waals surface area contributed by atoms with Gasteiger partial charge in [0.05, 0.1) is 18.1 Å². The lowest BCUT2D eigenvalue weighted by Crippen LogP contribution is -2.36. The Morgan fingerprint density at radius 2 is 1.64 bits per heavy atom. The number of rotatable bonds is 10. The summed E-state index contributed by atoms with van der Waals surface area (Å²) in [6.45, 7) is 2.95. The number of fused-ring (bicyclic) bond motifs is 1. The molecule has 0 spiro atoms. The third-order valence-corrected chi connectivity index (χ3v) is 5.25. The Morgan fingerprint density at radius 1 is 0.939 bits per heavy atom. The first-order chi connectivity index (χ1) is 16.2. The zero-order valence-electron chi connectivity index (χ0n) is 18.8. The molecule has 0 N–H and O–H groups in total. The monoisotopic (exact) mass is 445 g/mol. The molecular weight excluding hydrogens is 418 g/mol. The minimum atomic E-state index is -0.0940. The molecule has 0 unspecified atom stereocenters. The van der Waals surface area contributed by atoms with E-state index in [2.05, 4.69) is 0 Å². The average Bonchev–Trinajstić information content (AvgIpc) is 3.21. The second kappa shape index (κ2) is 10.7. The van der Waals surface area contributed by atoms with Crippen LogP contribution in [0.3, 0.4) is 0 Å². The largest absolute Gasteiger partial charge is 0.497 e. The summed E-state index contributed by atoms with van der Waals surface area (Å²) in [6.07, 6.45) is 0. The van der Waals surface area contributed by atoms with E-state index in [0.29, 0.717) is 18.2 Å². The van der Waals surface area contributed by atoms with E-state index in [9.17, 15) is 4.79 Å². The number of para-hydroxylation sites is 3. The van der Waals surface area contributed by atoms with Gasteiger partial charge in [0.2, 0.25) is 5.91 Å². The first kappa shape index (κ1) is 22.4. The van der Waals surface area contributed by atoms with Crippen molar-refractivity contribution in [3.8, 4) is 11.5 Å². The number of hydrogen-bond acceptors (Lipinski definition) is 5. The summed E-state index contributed by atoms with van der Waals surface area (Å²) in [5.74, 6) is 2.03. The van der Waals surface area contributed by atoms with Gasteiger partial charge in [0, 0.05) is 12.3 Å². The molecule has 7 heteroatoms. The highest BCUT2D eigenvalue weighted by Gasteiger charge is 2.20. The zero-order valence-corrected chi connectivity index (χ0v) is 18.8. The number of carbonyl (C=O) groups excluding carboxylic acids is 1. The van der Waals surface area contributed by atoms with E-state index in [1.54, 1.807) is 12.0 Å². The fraction of sp³-hybridized carbons (Fsp3) is 0.231. The van der Waals surface area contributed by atoms with Gasteiger partial charge in [-0.3, -0.25) is 9.69 Å². The highest BCUT2D eigenvalue weighted by Crippen LogP contribution is 2.22. The highest BCUT2D eigenvalue weighted by atomic mass is 16.5. The van der Waals surface area contributed by atoms with Gasteiger partial charge >= 0.3 is 0 Å². The molecule has 0 aliphatic rings. The summed E-state index contributed by atoms with van der Waals surface area (Å²) in [7, 11) is 1.62. The van der Waals surface area contributed by atoms with E-state index in [-0.39, 0.29) is 25.8 Å². The number of imidazole rings is 1. The lowest BCUT2D eigenvalue weighted by Gasteiger charge is -2.23. The number of nitrogens with zero attached hydrogens (tertiary/aromatic N) is 3. The molecule has 0 aliphatic carbocycles. The van der Waals surface area contributed by atoms with Crippen LogP contribution in [0, 0.1) is 0 Å². The minimum Gasteiger partial charge on any atom is -0.497 e. The summed E-state index contributed by atoms with van der Waals surface area (Å²) in [6, 6.07) is 24.7. The van der Waals surface area contributed by atoms with Crippen LogP contribution >= 0.6 is 0 Å². The molecule has 0 saturated carbocycles. The first-order valence-electron chi connectivity index (χ1n) is 10.8. The Balaban J connectivity index is 1.59. The third-order valence-electron chi connectivity index (χ3n) is 5.25. The van der Waals surface area contributed by atoms with Crippen molar-refractivity contribution in [1.29, 1.82) is 0 Å². The van der Waals surface area contributed by atoms with Gasteiger partial charge < -0.3 is 18.8 Å². The number of carbonyl (C=O) groups is 1. The molecular formula is C26H27N3O4. The van der Waals surface area contributed by atoms with E-state index in [1.807, 2.05) is 90.4 Å². The van der Waals surface area contributed by atoms with Gasteiger partial charge in [-0.2, -0.15) is 0 Å². The maximum Gasteiger partial charge on any atom is 0.248 e. The number of methoxy groups -OCH3 is 1. The smallest absolute Gasteiger partial charge is 0.248 e. The molecule has 0 bridgehead atoms. The molecule has 3 aromatic carbocycles. The quantitative estimate of drug-likeness (QED) is 0.333. The number of hydrogen-bond donors (Lipinski definition) is 0. The normalized spacial score (nSPS) is 10.8. The van der Waals surface area contributed by atoms with Crippen molar-refractivity contribution in [3.05, 3.63) is 84.7 Å². The topological polar surface area (TPSA) is 65.8 Å². The molecule has 1 amide bonds. The average molecular weight is 446 g/mol. The second-order valence-corrected chi connectivity index (χ2v) is 7.35. The van der Waals surface area contributed by atoms with Crippen molar-refractivity contribution in [2.24, 2.45) is 0 Å². The number of anilines is 1. The molecule has 0 saturated heterocycles. The van der Waals surface area contributed by atoms with Crippen LogP contribution in [0.25, 0.3) is 11.0 Å². The van der Waals surface area contributed by atoms with Crippen LogP contribution in [0.1, 0.15) is 12.7 Å². The van der Waals surface area contributed by atoms with Crippen molar-refractivity contribution in [2.45, 2.75) is 20.1 Å². The SMILES string of the molecule is CCOCN(C(=O)Cn1c(COc2ccc(OC)cc2)nc2ccccc21)c1ccccc1. The van der Waals surface area contributed by atoms with Gasteiger partial charge in [-0.15, -0.1) is 0 Å². The lowest BCUT2D eigenvalue weighted by atomic mass is 10.3. The van der Waals surface area contributed by atoms with Gasteiger partial charge in [-0.1, -0.05) is 30.3 Å². The van der Waals surface area contributed by atoms with E-state index >= 15 is 0 Å². The van der Waals surface area contributed by atoms with Gasteiger partial charge in [-0.05, 0) is 55.5 Å². The van der Waals surface area contributed by atoms with Crippen molar-refractivity contribution < 1.29 is 19.0 Å². The van der Waals surface area contributed by atoms with Gasteiger partial charge in [0.25, 0.3) is 0 Å². The number of ether oxygens (including phenoxy) is 3. The molecule has 0 radical (unpaired) electrons. The van der Waals surface area contributed by atoms with Crippen LogP contribution in [0.5, 0.6) is 11.5 Å². The lowest BCUT2D eigenvalue weighted by molar-refractivity contribution is -0.120. The maximum absolute atomic E-state index is 13.4. The van der Waals surface area contributed by atoms with E-state index in [1.165, 1.54) is 0 Å². The van der Waals surface area contributed by atoms with Crippen LogP contribution in [0.15, 0.2) is 78.9 Å². The molecule has 4 aromatic rings. The van der Waals surface area contributed by atoms with Crippen molar-refractivity contribution >= 4 is 22.6 Å². The fourth-order valence-electron chi connectivity index (χ4n) is 3.53. The summed E-state index contributed by atoms with van der Waals surface area (Å²) in [5, 5.41) is 0. The molecule has 0 aliphatic heterocycles. The molecule has 0 fully saturated rings. The molecule has 7 nitrogen and oxygen atoms in total. The molecule has 33 heavy (non-hydrogen) atoms. The minimum absolute atomic E-state index is 0.0940. The predicted octanol–water partition coefficient (Wildman–Crippen LogP) is 4.65. The Labute approximate surface area is 193 Å². The van der Waals surface area contributed by atoms with Crippen LogP contribution in [0.2, 0.25) is 0 Å². The van der Waals surface area contributed by atoms with Crippen molar-refractivity contribution in [2.75, 3.05) is 25.3 Å². The summed E-state index contributed by atoms with van der Waals surface area (Å²) in [5.41, 5.74) is 2.48. The predicted molar refractivity (Wildman–Crippen MR) is 127 cm³/mol. The first-order valence-corrected chi connectivity index (χ1v) is 10.8. The summed E-state index contributed by atoms with van der Waals surface area (Å²) >= 11 is 0. The molecule has 170 valence electrons. The summed E-state index contributed by atoms with van der Waals surface area (Å²) in [4.78, 5) is 19.8. The van der Waals surface area contributed by atoms with E-state index < -0.39 is 0 Å². The summed E-state index contributed by atoms with van der Waals surface area (Å²) < 4.78 is 18.6. The van der Waals surface area contributed by atoms with Gasteiger partial charge in [0.15, 0.2) is 0 Å².